The van der Waals surface area contributed by atoms with Gasteiger partial charge in [0.25, 0.3) is 0 Å². The topological polar surface area (TPSA) is 50.8 Å². The second-order valence-electron chi connectivity index (χ2n) is 4.17. The lowest BCUT2D eigenvalue weighted by molar-refractivity contribution is 0.947. The van der Waals surface area contributed by atoms with E-state index >= 15 is 0 Å². The Morgan fingerprint density at radius 3 is 2.35 bits per heavy atom. The Bertz CT molecular complexity index is 668. The molecule has 2 aromatic rings. The summed E-state index contributed by atoms with van der Waals surface area (Å²) in [7, 11) is 0. The smallest absolute Gasteiger partial charge is 0.100 e. The number of nitrogens with zero attached hydrogens (tertiary/aromatic N) is 3. The highest BCUT2D eigenvalue weighted by atomic mass is 79.9. The van der Waals surface area contributed by atoms with Crippen LogP contribution in [0.25, 0.3) is 0 Å². The first kappa shape index (κ1) is 14.1. The number of rotatable bonds is 4. The minimum absolute atomic E-state index is 0.437. The number of hydrogen-bond donors (Lipinski definition) is 0. The van der Waals surface area contributed by atoms with Crippen LogP contribution in [0.4, 0.5) is 11.4 Å². The Morgan fingerprint density at radius 1 is 1.00 bits per heavy atom. The molecule has 3 nitrogen and oxygen atoms in total. The lowest BCUT2D eigenvalue weighted by atomic mass is 10.2. The van der Waals surface area contributed by atoms with Crippen molar-refractivity contribution >= 4 is 27.3 Å². The van der Waals surface area contributed by atoms with Crippen molar-refractivity contribution in [2.45, 2.75) is 6.42 Å². The summed E-state index contributed by atoms with van der Waals surface area (Å²) in [5.41, 5.74) is 2.58. The zero-order valence-electron chi connectivity index (χ0n) is 10.8. The third-order valence-corrected chi connectivity index (χ3v) is 3.56. The molecule has 2 rings (SSSR count). The molecule has 0 aromatic heterocycles. The summed E-state index contributed by atoms with van der Waals surface area (Å²) in [6, 6.07) is 19.8. The molecule has 4 heteroatoms. The number of nitriles is 2. The van der Waals surface area contributed by atoms with Crippen molar-refractivity contribution in [1.82, 2.24) is 0 Å². The van der Waals surface area contributed by atoms with E-state index in [9.17, 15) is 0 Å². The first-order valence-electron chi connectivity index (χ1n) is 6.15. The van der Waals surface area contributed by atoms with Crippen LogP contribution in [0.5, 0.6) is 0 Å². The van der Waals surface area contributed by atoms with Gasteiger partial charge in [-0.25, -0.2) is 0 Å². The fourth-order valence-corrected chi connectivity index (χ4v) is 2.39. The van der Waals surface area contributed by atoms with Crippen LogP contribution in [0.1, 0.15) is 12.0 Å². The molecule has 0 N–H and O–H groups in total. The average molecular weight is 326 g/mol. The van der Waals surface area contributed by atoms with E-state index in [1.807, 2.05) is 42.5 Å². The van der Waals surface area contributed by atoms with E-state index in [-0.39, 0.29) is 0 Å². The van der Waals surface area contributed by atoms with E-state index in [0.717, 1.165) is 15.8 Å². The molecule has 0 heterocycles. The third-order valence-electron chi connectivity index (χ3n) is 2.90. The monoisotopic (exact) mass is 325 g/mol. The van der Waals surface area contributed by atoms with Crippen molar-refractivity contribution in [2.75, 3.05) is 11.4 Å². The molecule has 0 atom stereocenters. The van der Waals surface area contributed by atoms with Gasteiger partial charge in [-0.2, -0.15) is 10.5 Å². The molecule has 0 fully saturated rings. The second kappa shape index (κ2) is 6.75. The van der Waals surface area contributed by atoms with Gasteiger partial charge in [0.15, 0.2) is 0 Å². The van der Waals surface area contributed by atoms with Crippen LogP contribution in [0.2, 0.25) is 0 Å². The predicted molar refractivity (Wildman–Crippen MR) is 82.5 cm³/mol. The first-order chi connectivity index (χ1) is 9.76. The number of hydrogen-bond acceptors (Lipinski definition) is 3. The molecule has 0 aliphatic heterocycles. The highest BCUT2D eigenvalue weighted by Gasteiger charge is 2.10. The van der Waals surface area contributed by atoms with E-state index in [2.05, 4.69) is 33.0 Å². The summed E-state index contributed by atoms with van der Waals surface area (Å²) in [5.74, 6) is 0. The lowest BCUT2D eigenvalue weighted by Crippen LogP contribution is -2.18. The van der Waals surface area contributed by atoms with Crippen molar-refractivity contribution in [2.24, 2.45) is 0 Å². The van der Waals surface area contributed by atoms with Gasteiger partial charge >= 0.3 is 0 Å². The van der Waals surface area contributed by atoms with E-state index in [0.29, 0.717) is 18.5 Å². The summed E-state index contributed by atoms with van der Waals surface area (Å²) in [4.78, 5) is 2.06. The van der Waals surface area contributed by atoms with Gasteiger partial charge in [-0.3, -0.25) is 0 Å². The van der Waals surface area contributed by atoms with Crippen LogP contribution >= 0.6 is 15.9 Å². The standard InChI is InChI=1S/C16H12BrN3/c17-16-11-15(8-7-13(16)12-19)20(10-4-9-18)14-5-2-1-3-6-14/h1-3,5-8,11H,4,10H2. The minimum atomic E-state index is 0.437. The molecule has 0 saturated heterocycles. The lowest BCUT2D eigenvalue weighted by Gasteiger charge is -2.24. The SMILES string of the molecule is N#CCCN(c1ccccc1)c1ccc(C#N)c(Br)c1. The summed E-state index contributed by atoms with van der Waals surface area (Å²) in [6.45, 7) is 0.610. The molecule has 0 saturated carbocycles. The molecule has 0 unspecified atom stereocenters. The van der Waals surface area contributed by atoms with E-state index in [1.165, 1.54) is 0 Å². The fourth-order valence-electron chi connectivity index (χ4n) is 1.94. The molecular weight excluding hydrogens is 314 g/mol. The van der Waals surface area contributed by atoms with Gasteiger partial charge in [-0.1, -0.05) is 18.2 Å². The summed E-state index contributed by atoms with van der Waals surface area (Å²) in [6.07, 6.45) is 0.437. The summed E-state index contributed by atoms with van der Waals surface area (Å²) in [5, 5.41) is 17.8. The molecule has 0 radical (unpaired) electrons. The maximum Gasteiger partial charge on any atom is 0.100 e. The summed E-state index contributed by atoms with van der Waals surface area (Å²) >= 11 is 3.40. The number of para-hydroxylation sites is 1. The molecule has 2 aromatic carbocycles. The molecule has 0 aliphatic rings. The maximum absolute atomic E-state index is 8.97. The normalized spacial score (nSPS) is 9.55. The van der Waals surface area contributed by atoms with E-state index < -0.39 is 0 Å². The minimum Gasteiger partial charge on any atom is -0.340 e. The van der Waals surface area contributed by atoms with Gasteiger partial charge in [0, 0.05) is 22.4 Å². The highest BCUT2D eigenvalue weighted by molar-refractivity contribution is 9.10. The second-order valence-corrected chi connectivity index (χ2v) is 5.03. The van der Waals surface area contributed by atoms with Gasteiger partial charge in [0.1, 0.15) is 6.07 Å². The number of anilines is 2. The zero-order chi connectivity index (χ0) is 14.4. The Balaban J connectivity index is 2.40. The average Bonchev–Trinajstić information content (AvgIpc) is 2.49. The van der Waals surface area contributed by atoms with Gasteiger partial charge in [-0.15, -0.1) is 0 Å². The van der Waals surface area contributed by atoms with Crippen LogP contribution in [0.3, 0.4) is 0 Å². The molecule has 0 amide bonds. The van der Waals surface area contributed by atoms with E-state index in [1.54, 1.807) is 6.07 Å². The first-order valence-corrected chi connectivity index (χ1v) is 6.94. The predicted octanol–water partition coefficient (Wildman–Crippen LogP) is 4.37. The van der Waals surface area contributed by atoms with Crippen molar-refractivity contribution < 1.29 is 0 Å². The van der Waals surface area contributed by atoms with Crippen molar-refractivity contribution in [1.29, 1.82) is 10.5 Å². The Labute approximate surface area is 126 Å². The molecule has 98 valence electrons. The van der Waals surface area contributed by atoms with Crippen LogP contribution in [-0.4, -0.2) is 6.54 Å². The quantitative estimate of drug-likeness (QED) is 0.838. The van der Waals surface area contributed by atoms with E-state index in [4.69, 9.17) is 10.5 Å². The van der Waals surface area contributed by atoms with Gasteiger partial charge in [0.2, 0.25) is 0 Å². The number of benzene rings is 2. The Hall–Kier alpha value is -2.30. The Kier molecular flexibility index (Phi) is 4.76. The van der Waals surface area contributed by atoms with Crippen LogP contribution in [0, 0.1) is 22.7 Å². The highest BCUT2D eigenvalue weighted by Crippen LogP contribution is 2.29. The zero-order valence-corrected chi connectivity index (χ0v) is 12.3. The number of halogens is 1. The molecule has 20 heavy (non-hydrogen) atoms. The van der Waals surface area contributed by atoms with Crippen LogP contribution in [0.15, 0.2) is 53.0 Å². The fraction of sp³-hybridized carbons (Fsp3) is 0.125. The maximum atomic E-state index is 8.97. The van der Waals surface area contributed by atoms with Crippen LogP contribution in [-0.2, 0) is 0 Å². The molecular formula is C16H12BrN3. The summed E-state index contributed by atoms with van der Waals surface area (Å²) < 4.78 is 0.760. The molecule has 0 aliphatic carbocycles. The van der Waals surface area contributed by atoms with Crippen molar-refractivity contribution in [3.8, 4) is 12.1 Å². The van der Waals surface area contributed by atoms with Crippen molar-refractivity contribution in [3.63, 3.8) is 0 Å². The molecule has 0 bridgehead atoms. The van der Waals surface area contributed by atoms with Gasteiger partial charge in [0.05, 0.1) is 18.1 Å². The van der Waals surface area contributed by atoms with Crippen molar-refractivity contribution in [3.05, 3.63) is 58.6 Å². The third kappa shape index (κ3) is 3.17. The Morgan fingerprint density at radius 2 is 1.75 bits per heavy atom. The van der Waals surface area contributed by atoms with Gasteiger partial charge < -0.3 is 4.90 Å². The van der Waals surface area contributed by atoms with Gasteiger partial charge in [-0.05, 0) is 46.3 Å². The molecule has 0 spiro atoms. The van der Waals surface area contributed by atoms with Crippen LogP contribution < -0.4 is 4.90 Å². The largest absolute Gasteiger partial charge is 0.340 e.